The Hall–Kier alpha value is -2.99. The number of urea groups is 1. The third-order valence-electron chi connectivity index (χ3n) is 5.26. The fraction of sp³-hybridized carbons (Fsp3) is 0.333. The van der Waals surface area contributed by atoms with Gasteiger partial charge in [0.05, 0.1) is 16.8 Å². The highest BCUT2D eigenvalue weighted by Crippen LogP contribution is 2.30. The Balaban J connectivity index is 1.84. The van der Waals surface area contributed by atoms with Crippen LogP contribution in [0.4, 0.5) is 10.5 Å². The Labute approximate surface area is 188 Å². The van der Waals surface area contributed by atoms with Crippen LogP contribution in [0.2, 0.25) is 5.02 Å². The molecule has 1 aliphatic rings. The molecule has 2 aromatic rings. The van der Waals surface area contributed by atoms with Crippen molar-refractivity contribution in [3.05, 3.63) is 70.4 Å². The van der Waals surface area contributed by atoms with E-state index >= 15 is 0 Å². The molecule has 7 heteroatoms. The van der Waals surface area contributed by atoms with E-state index in [1.807, 2.05) is 32.9 Å². The number of allylic oxidation sites excluding steroid dienone is 1. The maximum atomic E-state index is 12.8. The summed E-state index contributed by atoms with van der Waals surface area (Å²) < 4.78 is 0. The number of aliphatic imine (C=N–C) groups is 1. The second-order valence-corrected chi connectivity index (χ2v) is 9.13. The van der Waals surface area contributed by atoms with Gasteiger partial charge in [-0.05, 0) is 48.6 Å². The van der Waals surface area contributed by atoms with Crippen LogP contribution < -0.4 is 16.4 Å². The van der Waals surface area contributed by atoms with Gasteiger partial charge in [0.15, 0.2) is 0 Å². The SMILES string of the molecule is CC(C)(C)C(N)=CC(=Nc1ccc(O)c(Cl)c1)NC(=O)NC1CCCc2ccccc21. The molecular formula is C24H29ClN4O2. The third kappa shape index (κ3) is 6.01. The zero-order valence-corrected chi connectivity index (χ0v) is 18.8. The minimum Gasteiger partial charge on any atom is -0.506 e. The van der Waals surface area contributed by atoms with Crippen molar-refractivity contribution in [2.45, 2.75) is 46.1 Å². The summed E-state index contributed by atoms with van der Waals surface area (Å²) in [4.78, 5) is 17.3. The van der Waals surface area contributed by atoms with Gasteiger partial charge < -0.3 is 16.2 Å². The van der Waals surface area contributed by atoms with Crippen LogP contribution in [0.1, 0.15) is 50.8 Å². The molecule has 2 amide bonds. The molecule has 3 rings (SSSR count). The lowest BCUT2D eigenvalue weighted by molar-refractivity contribution is 0.240. The first-order valence-electron chi connectivity index (χ1n) is 10.3. The van der Waals surface area contributed by atoms with E-state index in [0.29, 0.717) is 11.4 Å². The number of rotatable bonds is 3. The minimum absolute atomic E-state index is 0.0337. The summed E-state index contributed by atoms with van der Waals surface area (Å²) >= 11 is 6.00. The van der Waals surface area contributed by atoms with E-state index in [4.69, 9.17) is 17.3 Å². The van der Waals surface area contributed by atoms with Crippen molar-refractivity contribution in [1.82, 2.24) is 10.6 Å². The Morgan fingerprint density at radius 1 is 1.26 bits per heavy atom. The van der Waals surface area contributed by atoms with E-state index in [1.54, 1.807) is 12.1 Å². The molecule has 0 fully saturated rings. The van der Waals surface area contributed by atoms with Crippen LogP contribution in [0, 0.1) is 5.41 Å². The third-order valence-corrected chi connectivity index (χ3v) is 5.56. The van der Waals surface area contributed by atoms with Crippen molar-refractivity contribution in [2.75, 3.05) is 0 Å². The van der Waals surface area contributed by atoms with Gasteiger partial charge >= 0.3 is 6.03 Å². The van der Waals surface area contributed by atoms with Crippen LogP contribution >= 0.6 is 11.6 Å². The van der Waals surface area contributed by atoms with E-state index in [0.717, 1.165) is 24.8 Å². The quantitative estimate of drug-likeness (QED) is 0.382. The van der Waals surface area contributed by atoms with E-state index in [1.165, 1.54) is 17.7 Å². The second kappa shape index (κ2) is 9.43. The molecule has 31 heavy (non-hydrogen) atoms. The molecule has 0 aromatic heterocycles. The van der Waals surface area contributed by atoms with Crippen LogP contribution in [-0.2, 0) is 6.42 Å². The number of nitrogens with two attached hydrogens (primary N) is 1. The zero-order valence-electron chi connectivity index (χ0n) is 18.1. The largest absolute Gasteiger partial charge is 0.506 e. The molecule has 164 valence electrons. The topological polar surface area (TPSA) is 99.7 Å². The first kappa shape index (κ1) is 22.7. The predicted molar refractivity (Wildman–Crippen MR) is 126 cm³/mol. The summed E-state index contributed by atoms with van der Waals surface area (Å²) in [7, 11) is 0. The van der Waals surface area contributed by atoms with Crippen molar-refractivity contribution in [1.29, 1.82) is 0 Å². The molecule has 1 aliphatic carbocycles. The maximum absolute atomic E-state index is 12.8. The average Bonchev–Trinajstić information content (AvgIpc) is 2.70. The van der Waals surface area contributed by atoms with Crippen molar-refractivity contribution in [2.24, 2.45) is 16.1 Å². The molecule has 0 saturated heterocycles. The number of phenolic OH excluding ortho intramolecular Hbond substituents is 1. The summed E-state index contributed by atoms with van der Waals surface area (Å²) in [5.74, 6) is 0.254. The Morgan fingerprint density at radius 3 is 2.71 bits per heavy atom. The van der Waals surface area contributed by atoms with Gasteiger partial charge in [0.25, 0.3) is 0 Å². The highest BCUT2D eigenvalue weighted by atomic mass is 35.5. The van der Waals surface area contributed by atoms with Gasteiger partial charge in [0.2, 0.25) is 0 Å². The highest BCUT2D eigenvalue weighted by Gasteiger charge is 2.22. The van der Waals surface area contributed by atoms with E-state index in [-0.39, 0.29) is 34.1 Å². The molecule has 0 bridgehead atoms. The fourth-order valence-electron chi connectivity index (χ4n) is 3.38. The van der Waals surface area contributed by atoms with Crippen LogP contribution in [0.25, 0.3) is 0 Å². The van der Waals surface area contributed by atoms with Gasteiger partial charge in [-0.2, -0.15) is 0 Å². The number of aryl methyl sites for hydroxylation is 1. The van der Waals surface area contributed by atoms with Crippen LogP contribution in [0.5, 0.6) is 5.75 Å². The van der Waals surface area contributed by atoms with E-state index < -0.39 is 0 Å². The number of halogens is 1. The minimum atomic E-state index is -0.358. The average molecular weight is 441 g/mol. The van der Waals surface area contributed by atoms with Crippen molar-refractivity contribution >= 4 is 29.2 Å². The van der Waals surface area contributed by atoms with Crippen molar-refractivity contribution < 1.29 is 9.90 Å². The highest BCUT2D eigenvalue weighted by molar-refractivity contribution is 6.32. The molecule has 1 atom stereocenters. The lowest BCUT2D eigenvalue weighted by Gasteiger charge is -2.26. The fourth-order valence-corrected chi connectivity index (χ4v) is 3.55. The summed E-state index contributed by atoms with van der Waals surface area (Å²) in [6.45, 7) is 5.94. The maximum Gasteiger partial charge on any atom is 0.320 e. The van der Waals surface area contributed by atoms with Gasteiger partial charge in [-0.3, -0.25) is 5.32 Å². The standard InChI is InChI=1S/C24H29ClN4O2/c1-24(2,3)21(26)14-22(27-16-11-12-20(30)18(25)13-16)29-23(31)28-19-10-6-8-15-7-4-5-9-17(15)19/h4-5,7,9,11-14,19,30H,6,8,10,26H2,1-3H3,(H2,27,28,29,31). The molecule has 0 radical (unpaired) electrons. The zero-order chi connectivity index (χ0) is 22.6. The lowest BCUT2D eigenvalue weighted by atomic mass is 9.88. The molecule has 1 unspecified atom stereocenters. The molecule has 0 aliphatic heterocycles. The number of aromatic hydroxyl groups is 1. The summed E-state index contributed by atoms with van der Waals surface area (Å²) in [5, 5.41) is 15.7. The van der Waals surface area contributed by atoms with Gasteiger partial charge in [-0.1, -0.05) is 56.6 Å². The van der Waals surface area contributed by atoms with Crippen LogP contribution in [0.3, 0.4) is 0 Å². The number of carbonyl (C=O) groups is 1. The molecule has 0 heterocycles. The van der Waals surface area contributed by atoms with Crippen molar-refractivity contribution in [3.8, 4) is 5.75 Å². The Bertz CT molecular complexity index is 1020. The Kier molecular flexibility index (Phi) is 6.91. The smallest absolute Gasteiger partial charge is 0.320 e. The van der Waals surface area contributed by atoms with Crippen LogP contribution in [0.15, 0.2) is 59.2 Å². The van der Waals surface area contributed by atoms with Gasteiger partial charge in [-0.15, -0.1) is 0 Å². The van der Waals surface area contributed by atoms with Gasteiger partial charge in [0, 0.05) is 17.2 Å². The number of nitrogens with one attached hydrogen (secondary N) is 2. The first-order valence-corrected chi connectivity index (χ1v) is 10.7. The second-order valence-electron chi connectivity index (χ2n) is 8.72. The number of hydrogen-bond acceptors (Lipinski definition) is 4. The molecule has 0 saturated carbocycles. The first-order chi connectivity index (χ1) is 14.6. The lowest BCUT2D eigenvalue weighted by Crippen LogP contribution is -2.42. The summed E-state index contributed by atoms with van der Waals surface area (Å²) in [5.41, 5.74) is 9.40. The predicted octanol–water partition coefficient (Wildman–Crippen LogP) is 5.34. The Morgan fingerprint density at radius 2 is 2.00 bits per heavy atom. The molecule has 6 nitrogen and oxygen atoms in total. The van der Waals surface area contributed by atoms with Crippen LogP contribution in [-0.4, -0.2) is 17.0 Å². The number of phenols is 1. The number of benzene rings is 2. The summed E-state index contributed by atoms with van der Waals surface area (Å²) in [6, 6.07) is 12.4. The summed E-state index contributed by atoms with van der Waals surface area (Å²) in [6.07, 6.45) is 4.57. The number of amides is 2. The number of amidine groups is 1. The molecule has 0 spiro atoms. The number of nitrogens with zero attached hydrogens (tertiary/aromatic N) is 1. The number of hydrogen-bond donors (Lipinski definition) is 4. The molecular weight excluding hydrogens is 412 g/mol. The van der Waals surface area contributed by atoms with Gasteiger partial charge in [-0.25, -0.2) is 9.79 Å². The monoisotopic (exact) mass is 440 g/mol. The number of fused-ring (bicyclic) bond motifs is 1. The van der Waals surface area contributed by atoms with Gasteiger partial charge in [0.1, 0.15) is 11.6 Å². The molecule has 5 N–H and O–H groups in total. The van der Waals surface area contributed by atoms with Crippen molar-refractivity contribution in [3.63, 3.8) is 0 Å². The van der Waals surface area contributed by atoms with E-state index in [2.05, 4.69) is 27.8 Å². The number of carbonyl (C=O) groups excluding carboxylic acids is 1. The molecule has 2 aromatic carbocycles. The van der Waals surface area contributed by atoms with E-state index in [9.17, 15) is 9.90 Å². The normalized spacial score (nSPS) is 17.1.